The van der Waals surface area contributed by atoms with Gasteiger partial charge in [-0.15, -0.1) is 0 Å². The minimum absolute atomic E-state index is 0.0116. The van der Waals surface area contributed by atoms with Gasteiger partial charge in [-0.3, -0.25) is 9.59 Å². The Morgan fingerprint density at radius 3 is 2.57 bits per heavy atom. The van der Waals surface area contributed by atoms with E-state index in [1.165, 1.54) is 6.92 Å². The Labute approximate surface area is 140 Å². The van der Waals surface area contributed by atoms with Gasteiger partial charge >= 0.3 is 0 Å². The summed E-state index contributed by atoms with van der Waals surface area (Å²) in [6.45, 7) is 3.58. The van der Waals surface area contributed by atoms with Crippen LogP contribution in [0.2, 0.25) is 5.02 Å². The summed E-state index contributed by atoms with van der Waals surface area (Å²) in [5, 5.41) is 6.56. The SMILES string of the molecule is CC(=O)c1ccccc1NC(=O)CN[C@@H](C)c1cccc(Cl)c1. The van der Waals surface area contributed by atoms with Gasteiger partial charge in [-0.2, -0.15) is 0 Å². The molecule has 1 amide bonds. The normalized spacial score (nSPS) is 11.8. The first kappa shape index (κ1) is 17.2. The van der Waals surface area contributed by atoms with E-state index in [1.807, 2.05) is 31.2 Å². The molecule has 4 nitrogen and oxygen atoms in total. The van der Waals surface area contributed by atoms with Gasteiger partial charge in [-0.05, 0) is 43.7 Å². The molecule has 1 atom stereocenters. The zero-order valence-electron chi connectivity index (χ0n) is 13.1. The van der Waals surface area contributed by atoms with E-state index in [2.05, 4.69) is 10.6 Å². The van der Waals surface area contributed by atoms with Crippen molar-refractivity contribution in [2.75, 3.05) is 11.9 Å². The lowest BCUT2D eigenvalue weighted by atomic mass is 10.1. The lowest BCUT2D eigenvalue weighted by molar-refractivity contribution is -0.115. The topological polar surface area (TPSA) is 58.2 Å². The molecule has 0 spiro atoms. The number of hydrogen-bond donors (Lipinski definition) is 2. The quantitative estimate of drug-likeness (QED) is 0.791. The zero-order valence-corrected chi connectivity index (χ0v) is 13.9. The van der Waals surface area contributed by atoms with Gasteiger partial charge in [0.15, 0.2) is 5.78 Å². The molecule has 0 unspecified atom stereocenters. The van der Waals surface area contributed by atoms with Crippen molar-refractivity contribution in [3.8, 4) is 0 Å². The summed E-state index contributed by atoms with van der Waals surface area (Å²) in [5.74, 6) is -0.284. The zero-order chi connectivity index (χ0) is 16.8. The maximum Gasteiger partial charge on any atom is 0.238 e. The molecule has 23 heavy (non-hydrogen) atoms. The lowest BCUT2D eigenvalue weighted by Crippen LogP contribution is -2.30. The number of rotatable bonds is 6. The lowest BCUT2D eigenvalue weighted by Gasteiger charge is -2.15. The van der Waals surface area contributed by atoms with Crippen LogP contribution in [0.25, 0.3) is 0 Å². The number of nitrogens with one attached hydrogen (secondary N) is 2. The number of carbonyl (C=O) groups is 2. The number of Topliss-reactive ketones (excluding diaryl/α,β-unsaturated/α-hetero) is 1. The number of amides is 1. The molecule has 0 aliphatic heterocycles. The molecule has 5 heteroatoms. The van der Waals surface area contributed by atoms with E-state index in [1.54, 1.807) is 24.3 Å². The minimum Gasteiger partial charge on any atom is -0.324 e. The van der Waals surface area contributed by atoms with Crippen LogP contribution in [0, 0.1) is 0 Å². The summed E-state index contributed by atoms with van der Waals surface area (Å²) in [4.78, 5) is 23.6. The molecule has 2 aromatic carbocycles. The van der Waals surface area contributed by atoms with Crippen molar-refractivity contribution < 1.29 is 9.59 Å². The van der Waals surface area contributed by atoms with Crippen LogP contribution >= 0.6 is 11.6 Å². The van der Waals surface area contributed by atoms with Crippen LogP contribution in [0.1, 0.15) is 35.8 Å². The summed E-state index contributed by atoms with van der Waals surface area (Å²) in [6.07, 6.45) is 0. The first-order valence-electron chi connectivity index (χ1n) is 7.36. The average molecular weight is 331 g/mol. The Kier molecular flexibility index (Phi) is 5.90. The average Bonchev–Trinajstić information content (AvgIpc) is 2.53. The van der Waals surface area contributed by atoms with Crippen LogP contribution in [0.3, 0.4) is 0 Å². The summed E-state index contributed by atoms with van der Waals surface area (Å²) in [6, 6.07) is 14.4. The maximum atomic E-state index is 12.1. The van der Waals surface area contributed by atoms with E-state index in [9.17, 15) is 9.59 Å². The molecule has 0 aliphatic rings. The Balaban J connectivity index is 1.94. The highest BCUT2D eigenvalue weighted by Crippen LogP contribution is 2.18. The monoisotopic (exact) mass is 330 g/mol. The molecule has 0 saturated heterocycles. The Morgan fingerprint density at radius 2 is 1.87 bits per heavy atom. The van der Waals surface area contributed by atoms with E-state index in [0.29, 0.717) is 16.3 Å². The van der Waals surface area contributed by atoms with Crippen molar-refractivity contribution in [1.82, 2.24) is 5.32 Å². The molecular formula is C18H19ClN2O2. The molecule has 0 heterocycles. The highest BCUT2D eigenvalue weighted by Gasteiger charge is 2.11. The van der Waals surface area contributed by atoms with Crippen LogP contribution in [0.15, 0.2) is 48.5 Å². The van der Waals surface area contributed by atoms with E-state index in [4.69, 9.17) is 11.6 Å². The van der Waals surface area contributed by atoms with E-state index in [-0.39, 0.29) is 24.3 Å². The molecule has 0 radical (unpaired) electrons. The molecule has 0 bridgehead atoms. The third-order valence-electron chi connectivity index (χ3n) is 3.50. The molecule has 2 rings (SSSR count). The number of para-hydroxylation sites is 1. The second-order valence-corrected chi connectivity index (χ2v) is 5.74. The third kappa shape index (κ3) is 4.91. The van der Waals surface area contributed by atoms with Gasteiger partial charge in [0.1, 0.15) is 0 Å². The van der Waals surface area contributed by atoms with Crippen LogP contribution in [-0.2, 0) is 4.79 Å². The van der Waals surface area contributed by atoms with Gasteiger partial charge in [0.2, 0.25) is 5.91 Å². The van der Waals surface area contributed by atoms with E-state index < -0.39 is 0 Å². The fourth-order valence-electron chi connectivity index (χ4n) is 2.23. The Hall–Kier alpha value is -2.17. The van der Waals surface area contributed by atoms with Crippen molar-refractivity contribution in [3.05, 3.63) is 64.7 Å². The highest BCUT2D eigenvalue weighted by molar-refractivity contribution is 6.30. The van der Waals surface area contributed by atoms with Crippen molar-refractivity contribution in [1.29, 1.82) is 0 Å². The van der Waals surface area contributed by atoms with Crippen molar-refractivity contribution in [3.63, 3.8) is 0 Å². The summed E-state index contributed by atoms with van der Waals surface area (Å²) < 4.78 is 0. The highest BCUT2D eigenvalue weighted by atomic mass is 35.5. The van der Waals surface area contributed by atoms with Crippen LogP contribution in [-0.4, -0.2) is 18.2 Å². The minimum atomic E-state index is -0.201. The summed E-state index contributed by atoms with van der Waals surface area (Å²) in [7, 11) is 0. The number of halogens is 1. The number of carbonyl (C=O) groups excluding carboxylic acids is 2. The van der Waals surface area contributed by atoms with Crippen LogP contribution in [0.4, 0.5) is 5.69 Å². The Bertz CT molecular complexity index is 716. The van der Waals surface area contributed by atoms with Gasteiger partial charge in [0.25, 0.3) is 0 Å². The number of anilines is 1. The largest absolute Gasteiger partial charge is 0.324 e. The van der Waals surface area contributed by atoms with Crippen LogP contribution < -0.4 is 10.6 Å². The van der Waals surface area contributed by atoms with Gasteiger partial charge in [0, 0.05) is 16.6 Å². The van der Waals surface area contributed by atoms with Gasteiger partial charge < -0.3 is 10.6 Å². The predicted molar refractivity (Wildman–Crippen MR) is 92.9 cm³/mol. The molecule has 2 N–H and O–H groups in total. The second kappa shape index (κ2) is 7.90. The Morgan fingerprint density at radius 1 is 1.13 bits per heavy atom. The molecule has 0 saturated carbocycles. The fraction of sp³-hybridized carbons (Fsp3) is 0.222. The smallest absolute Gasteiger partial charge is 0.238 e. The van der Waals surface area contributed by atoms with E-state index >= 15 is 0 Å². The van der Waals surface area contributed by atoms with Crippen molar-refractivity contribution in [2.45, 2.75) is 19.9 Å². The summed E-state index contributed by atoms with van der Waals surface area (Å²) in [5.41, 5.74) is 2.04. The molecule has 0 aromatic heterocycles. The fourth-order valence-corrected chi connectivity index (χ4v) is 2.43. The standard InChI is InChI=1S/C18H19ClN2O2/c1-12(14-6-5-7-15(19)10-14)20-11-18(23)21-17-9-4-3-8-16(17)13(2)22/h3-10,12,20H,11H2,1-2H3,(H,21,23)/t12-/m0/s1. The van der Waals surface area contributed by atoms with Gasteiger partial charge in [0.05, 0.1) is 12.2 Å². The summed E-state index contributed by atoms with van der Waals surface area (Å²) >= 11 is 5.97. The van der Waals surface area contributed by atoms with Crippen molar-refractivity contribution in [2.24, 2.45) is 0 Å². The first-order valence-corrected chi connectivity index (χ1v) is 7.74. The van der Waals surface area contributed by atoms with Gasteiger partial charge in [-0.1, -0.05) is 35.9 Å². The molecule has 2 aromatic rings. The number of hydrogen-bond acceptors (Lipinski definition) is 3. The number of benzene rings is 2. The molecule has 120 valence electrons. The molecule has 0 aliphatic carbocycles. The van der Waals surface area contributed by atoms with Gasteiger partial charge in [-0.25, -0.2) is 0 Å². The van der Waals surface area contributed by atoms with E-state index in [0.717, 1.165) is 5.56 Å². The van der Waals surface area contributed by atoms with Crippen molar-refractivity contribution >= 4 is 29.0 Å². The van der Waals surface area contributed by atoms with Crippen LogP contribution in [0.5, 0.6) is 0 Å². The number of ketones is 1. The molecule has 0 fully saturated rings. The maximum absolute atomic E-state index is 12.1. The second-order valence-electron chi connectivity index (χ2n) is 5.31. The first-order chi connectivity index (χ1) is 11.0. The predicted octanol–water partition coefficient (Wildman–Crippen LogP) is 3.83. The third-order valence-corrected chi connectivity index (χ3v) is 3.73. The molecular weight excluding hydrogens is 312 g/mol.